The van der Waals surface area contributed by atoms with E-state index in [0.717, 1.165) is 16.9 Å². The minimum atomic E-state index is -0.290. The number of nitrogens with zero attached hydrogens (tertiary/aromatic N) is 2. The first kappa shape index (κ1) is 20.5. The average molecular weight is 393 g/mol. The number of carbonyl (C=O) groups is 1. The lowest BCUT2D eigenvalue weighted by atomic mass is 9.90. The van der Waals surface area contributed by atoms with Crippen molar-refractivity contribution in [3.8, 4) is 17.2 Å². The molecule has 29 heavy (non-hydrogen) atoms. The van der Waals surface area contributed by atoms with Crippen LogP contribution in [0.25, 0.3) is 5.69 Å². The summed E-state index contributed by atoms with van der Waals surface area (Å²) in [6, 6.07) is 15.0. The Hall–Kier alpha value is -3.28. The van der Waals surface area contributed by atoms with Crippen LogP contribution >= 0.6 is 0 Å². The smallest absolute Gasteiger partial charge is 0.260 e. The van der Waals surface area contributed by atoms with E-state index in [2.05, 4.69) is 26.1 Å². The minimum absolute atomic E-state index is 0.169. The molecule has 152 valence electrons. The third-order valence-electron chi connectivity index (χ3n) is 4.71. The number of hydrogen-bond donors (Lipinski definition) is 1. The van der Waals surface area contributed by atoms with Gasteiger partial charge in [0.15, 0.2) is 11.5 Å². The Balaban J connectivity index is 2.10. The fourth-order valence-electron chi connectivity index (χ4n) is 3.35. The topological polar surface area (TPSA) is 65.4 Å². The van der Waals surface area contributed by atoms with E-state index in [4.69, 9.17) is 14.6 Å². The molecule has 0 aliphatic heterocycles. The first-order chi connectivity index (χ1) is 13.8. The van der Waals surface area contributed by atoms with Crippen molar-refractivity contribution in [2.75, 3.05) is 19.5 Å². The van der Waals surface area contributed by atoms with Gasteiger partial charge in [-0.15, -0.1) is 0 Å². The molecule has 0 radical (unpaired) electrons. The molecule has 2 aromatic carbocycles. The number of nitrogens with one attached hydrogen (secondary N) is 1. The van der Waals surface area contributed by atoms with Crippen LogP contribution in [-0.2, 0) is 5.41 Å². The predicted molar refractivity (Wildman–Crippen MR) is 115 cm³/mol. The monoisotopic (exact) mass is 393 g/mol. The molecule has 3 aromatic rings. The van der Waals surface area contributed by atoms with Gasteiger partial charge in [-0.25, -0.2) is 4.68 Å². The van der Waals surface area contributed by atoms with Gasteiger partial charge in [0.25, 0.3) is 5.91 Å². The lowest BCUT2D eigenvalue weighted by Crippen LogP contribution is -2.17. The normalized spacial score (nSPS) is 11.2. The molecule has 0 aliphatic rings. The van der Waals surface area contributed by atoms with Crippen molar-refractivity contribution in [2.24, 2.45) is 0 Å². The Labute approximate surface area is 171 Å². The molecular weight excluding hydrogens is 366 g/mol. The molecule has 1 N–H and O–H groups in total. The van der Waals surface area contributed by atoms with Crippen LogP contribution in [0.2, 0.25) is 0 Å². The number of carbonyl (C=O) groups excluding carboxylic acids is 1. The maximum absolute atomic E-state index is 13.2. The van der Waals surface area contributed by atoms with Crippen molar-refractivity contribution in [3.05, 3.63) is 65.4 Å². The Morgan fingerprint density at radius 2 is 1.69 bits per heavy atom. The van der Waals surface area contributed by atoms with Crippen molar-refractivity contribution in [2.45, 2.75) is 33.1 Å². The van der Waals surface area contributed by atoms with Gasteiger partial charge in [0.05, 0.1) is 31.2 Å². The Morgan fingerprint density at radius 3 is 2.28 bits per heavy atom. The quantitative estimate of drug-likeness (QED) is 0.679. The third-order valence-corrected chi connectivity index (χ3v) is 4.71. The lowest BCUT2D eigenvalue weighted by Gasteiger charge is -2.16. The molecular formula is C23H27N3O3. The van der Waals surface area contributed by atoms with E-state index in [9.17, 15) is 4.79 Å². The summed E-state index contributed by atoms with van der Waals surface area (Å²) < 4.78 is 12.5. The highest BCUT2D eigenvalue weighted by Crippen LogP contribution is 2.34. The molecule has 0 bridgehead atoms. The van der Waals surface area contributed by atoms with Crippen molar-refractivity contribution in [1.82, 2.24) is 9.78 Å². The first-order valence-corrected chi connectivity index (χ1v) is 9.45. The van der Waals surface area contributed by atoms with Gasteiger partial charge in [0.2, 0.25) is 0 Å². The molecule has 6 nitrogen and oxygen atoms in total. The van der Waals surface area contributed by atoms with Crippen LogP contribution in [0.4, 0.5) is 5.82 Å². The molecule has 1 aromatic heterocycles. The summed E-state index contributed by atoms with van der Waals surface area (Å²) in [6.45, 7) is 8.29. The summed E-state index contributed by atoms with van der Waals surface area (Å²) in [5, 5.41) is 7.86. The van der Waals surface area contributed by atoms with Crippen LogP contribution in [0.15, 0.2) is 48.5 Å². The molecule has 0 atom stereocenters. The highest BCUT2D eigenvalue weighted by Gasteiger charge is 2.27. The van der Waals surface area contributed by atoms with Gasteiger partial charge in [-0.05, 0) is 31.2 Å². The number of amides is 1. The minimum Gasteiger partial charge on any atom is -0.493 e. The number of anilines is 1. The molecule has 3 rings (SSSR count). The maximum atomic E-state index is 13.2. The van der Waals surface area contributed by atoms with Crippen LogP contribution in [-0.4, -0.2) is 29.9 Å². The zero-order valence-electron chi connectivity index (χ0n) is 17.7. The van der Waals surface area contributed by atoms with E-state index in [1.165, 1.54) is 7.11 Å². The Morgan fingerprint density at radius 1 is 1.00 bits per heavy atom. The molecule has 0 unspecified atom stereocenters. The van der Waals surface area contributed by atoms with Crippen molar-refractivity contribution in [3.63, 3.8) is 0 Å². The lowest BCUT2D eigenvalue weighted by molar-refractivity contribution is 0.102. The molecule has 0 saturated carbocycles. The maximum Gasteiger partial charge on any atom is 0.260 e. The van der Waals surface area contributed by atoms with Gasteiger partial charge >= 0.3 is 0 Å². The van der Waals surface area contributed by atoms with Crippen LogP contribution in [0.1, 0.15) is 42.4 Å². The van der Waals surface area contributed by atoms with E-state index in [0.29, 0.717) is 22.9 Å². The van der Waals surface area contributed by atoms with Gasteiger partial charge in [0.1, 0.15) is 5.82 Å². The summed E-state index contributed by atoms with van der Waals surface area (Å²) in [7, 11) is 3.07. The van der Waals surface area contributed by atoms with Crippen molar-refractivity contribution >= 4 is 11.7 Å². The van der Waals surface area contributed by atoms with Crippen molar-refractivity contribution < 1.29 is 14.3 Å². The molecule has 1 heterocycles. The Kier molecular flexibility index (Phi) is 5.64. The number of methoxy groups -OCH3 is 2. The number of rotatable bonds is 5. The second kappa shape index (κ2) is 7.99. The van der Waals surface area contributed by atoms with Gasteiger partial charge in [-0.2, -0.15) is 5.10 Å². The highest BCUT2D eigenvalue weighted by molar-refractivity contribution is 6.06. The van der Waals surface area contributed by atoms with E-state index < -0.39 is 0 Å². The Bertz CT molecular complexity index is 1020. The van der Waals surface area contributed by atoms with Gasteiger partial charge < -0.3 is 14.8 Å². The van der Waals surface area contributed by atoms with Gasteiger partial charge in [-0.1, -0.05) is 45.0 Å². The van der Waals surface area contributed by atoms with E-state index in [-0.39, 0.29) is 11.3 Å². The second-order valence-electron chi connectivity index (χ2n) is 7.81. The van der Waals surface area contributed by atoms with E-state index >= 15 is 0 Å². The highest BCUT2D eigenvalue weighted by atomic mass is 16.5. The largest absolute Gasteiger partial charge is 0.493 e. The summed E-state index contributed by atoms with van der Waals surface area (Å²) in [5.41, 5.74) is 2.95. The summed E-state index contributed by atoms with van der Waals surface area (Å²) >= 11 is 0. The van der Waals surface area contributed by atoms with Crippen LogP contribution in [0.3, 0.4) is 0 Å². The summed E-state index contributed by atoms with van der Waals surface area (Å²) in [5.74, 6) is 1.24. The average Bonchev–Trinajstić information content (AvgIpc) is 3.04. The standard InChI is InChI=1S/C23H27N3O3/c1-15-20(23(2,3)4)25-26(16-11-8-7-9-12-16)21(15)24-22(27)17-13-10-14-18(28-5)19(17)29-6/h7-14H,1-6H3,(H,24,27). The van der Waals surface area contributed by atoms with Crippen LogP contribution in [0.5, 0.6) is 11.5 Å². The van der Waals surface area contributed by atoms with Gasteiger partial charge in [-0.3, -0.25) is 4.79 Å². The van der Waals surface area contributed by atoms with E-state index in [1.54, 1.807) is 30.0 Å². The molecule has 0 aliphatic carbocycles. The third kappa shape index (κ3) is 3.97. The molecule has 0 spiro atoms. The summed E-state index contributed by atoms with van der Waals surface area (Å²) in [6.07, 6.45) is 0. The molecule has 6 heteroatoms. The van der Waals surface area contributed by atoms with Crippen LogP contribution < -0.4 is 14.8 Å². The zero-order valence-corrected chi connectivity index (χ0v) is 17.7. The number of hydrogen-bond acceptors (Lipinski definition) is 4. The molecule has 0 saturated heterocycles. The summed E-state index contributed by atoms with van der Waals surface area (Å²) in [4.78, 5) is 13.2. The fourth-order valence-corrected chi connectivity index (χ4v) is 3.35. The fraction of sp³-hybridized carbons (Fsp3) is 0.304. The molecule has 0 fully saturated rings. The van der Waals surface area contributed by atoms with Crippen LogP contribution in [0, 0.1) is 6.92 Å². The van der Waals surface area contributed by atoms with Gasteiger partial charge in [0, 0.05) is 11.0 Å². The predicted octanol–water partition coefficient (Wildman–Crippen LogP) is 4.75. The number of para-hydroxylation sites is 2. The first-order valence-electron chi connectivity index (χ1n) is 9.45. The number of benzene rings is 2. The SMILES string of the molecule is COc1cccc(C(=O)Nc2c(C)c(C(C)(C)C)nn2-c2ccccc2)c1OC. The number of aromatic nitrogens is 2. The molecule has 1 amide bonds. The number of ether oxygens (including phenoxy) is 2. The van der Waals surface area contributed by atoms with E-state index in [1.807, 2.05) is 37.3 Å². The second-order valence-corrected chi connectivity index (χ2v) is 7.81. The zero-order chi connectivity index (χ0) is 21.2. The van der Waals surface area contributed by atoms with Crippen molar-refractivity contribution in [1.29, 1.82) is 0 Å².